The minimum absolute atomic E-state index is 0.0483. The third kappa shape index (κ3) is 5.55. The summed E-state index contributed by atoms with van der Waals surface area (Å²) in [6.45, 7) is -0.411. The molecule has 6 nitrogen and oxygen atoms in total. The number of aliphatic imine (C=N–C) groups is 1. The molecule has 1 unspecified atom stereocenters. The second-order valence-electron chi connectivity index (χ2n) is 9.45. The predicted molar refractivity (Wildman–Crippen MR) is 146 cm³/mol. The van der Waals surface area contributed by atoms with Gasteiger partial charge in [0.2, 0.25) is 5.91 Å². The third-order valence-corrected chi connectivity index (χ3v) is 6.94. The zero-order chi connectivity index (χ0) is 28.2. The third-order valence-electron chi connectivity index (χ3n) is 6.94. The molecule has 0 saturated heterocycles. The molecule has 0 aliphatic carbocycles. The molecule has 5 rings (SSSR count). The summed E-state index contributed by atoms with van der Waals surface area (Å²) in [5, 5.41) is 23.8. The first kappa shape index (κ1) is 27.0. The number of carbonyl (C=O) groups is 1. The van der Waals surface area contributed by atoms with Gasteiger partial charge in [0.05, 0.1) is 30.4 Å². The van der Waals surface area contributed by atoms with Crippen LogP contribution in [-0.2, 0) is 4.79 Å². The molecule has 1 aliphatic heterocycles. The van der Waals surface area contributed by atoms with Crippen molar-refractivity contribution < 1.29 is 28.2 Å². The Labute approximate surface area is 229 Å². The maximum Gasteiger partial charge on any atom is 0.229 e. The van der Waals surface area contributed by atoms with Crippen molar-refractivity contribution in [1.82, 2.24) is 5.32 Å². The number of nitrogens with zero attached hydrogens (tertiary/aromatic N) is 2. The Morgan fingerprint density at radius 2 is 1.57 bits per heavy atom. The van der Waals surface area contributed by atoms with Gasteiger partial charge in [0.25, 0.3) is 0 Å². The number of benzene rings is 4. The van der Waals surface area contributed by atoms with Gasteiger partial charge in [0.15, 0.2) is 11.6 Å². The number of fused-ring (bicyclic) bond motifs is 1. The number of phenolic OH excluding ortho intramolecular Hbond substituents is 1. The van der Waals surface area contributed by atoms with Gasteiger partial charge in [-0.2, -0.15) is 0 Å². The van der Waals surface area contributed by atoms with Gasteiger partial charge in [0.1, 0.15) is 17.7 Å². The number of rotatable bonds is 7. The van der Waals surface area contributed by atoms with Crippen LogP contribution in [0.4, 0.5) is 24.5 Å². The summed E-state index contributed by atoms with van der Waals surface area (Å²) in [6, 6.07) is 22.7. The number of hydrogen-bond donors (Lipinski definition) is 3. The van der Waals surface area contributed by atoms with E-state index in [1.165, 1.54) is 30.3 Å². The first-order chi connectivity index (χ1) is 19.4. The summed E-state index contributed by atoms with van der Waals surface area (Å²) in [7, 11) is 0. The fourth-order valence-corrected chi connectivity index (χ4v) is 4.97. The molecule has 3 N–H and O–H groups in total. The van der Waals surface area contributed by atoms with Crippen molar-refractivity contribution in [3.8, 4) is 5.75 Å². The van der Waals surface area contributed by atoms with Crippen molar-refractivity contribution in [2.45, 2.75) is 18.0 Å². The summed E-state index contributed by atoms with van der Waals surface area (Å²) in [5.41, 5.74) is 2.65. The quantitative estimate of drug-likeness (QED) is 0.291. The Morgan fingerprint density at radius 3 is 2.27 bits per heavy atom. The molecule has 0 aromatic heterocycles. The second-order valence-corrected chi connectivity index (χ2v) is 9.45. The fourth-order valence-electron chi connectivity index (χ4n) is 4.97. The lowest BCUT2D eigenvalue weighted by molar-refractivity contribution is -0.124. The summed E-state index contributed by atoms with van der Waals surface area (Å²) >= 11 is 0. The van der Waals surface area contributed by atoms with Gasteiger partial charge in [-0.05, 0) is 53.6 Å². The van der Waals surface area contributed by atoms with Crippen LogP contribution in [0.3, 0.4) is 0 Å². The van der Waals surface area contributed by atoms with Crippen LogP contribution in [0.5, 0.6) is 5.75 Å². The van der Waals surface area contributed by atoms with E-state index in [2.05, 4.69) is 10.3 Å². The Morgan fingerprint density at radius 1 is 0.900 bits per heavy atom. The Balaban J connectivity index is 1.50. The monoisotopic (exact) mass is 545 g/mol. The van der Waals surface area contributed by atoms with Crippen LogP contribution < -0.4 is 10.2 Å². The SMILES string of the molecule is O=C(NC1CN(c2ccccc2O)c2ccccc2C=N1)[C@H](c1ccc(F)cc1)[C@@H](CO)c1ccc(F)c(F)c1. The van der Waals surface area contributed by atoms with Gasteiger partial charge in [-0.1, -0.05) is 48.5 Å². The highest BCUT2D eigenvalue weighted by Gasteiger charge is 2.33. The lowest BCUT2D eigenvalue weighted by Gasteiger charge is -2.30. The molecule has 0 saturated carbocycles. The smallest absolute Gasteiger partial charge is 0.229 e. The molecule has 1 aliphatic rings. The van der Waals surface area contributed by atoms with Crippen LogP contribution >= 0.6 is 0 Å². The van der Waals surface area contributed by atoms with Crippen LogP contribution in [0, 0.1) is 17.5 Å². The molecule has 1 heterocycles. The van der Waals surface area contributed by atoms with E-state index >= 15 is 0 Å². The summed E-state index contributed by atoms with van der Waals surface area (Å²) in [4.78, 5) is 20.3. The minimum Gasteiger partial charge on any atom is -0.506 e. The molecule has 3 atom stereocenters. The van der Waals surface area contributed by atoms with Crippen LogP contribution in [0.1, 0.15) is 28.5 Å². The molecule has 0 spiro atoms. The van der Waals surface area contributed by atoms with Crippen LogP contribution in [0.15, 0.2) is 96.0 Å². The molecular formula is C31H26F3N3O3. The molecular weight excluding hydrogens is 519 g/mol. The Kier molecular flexibility index (Phi) is 7.84. The fraction of sp³-hybridized carbons (Fsp3) is 0.161. The molecule has 0 bridgehead atoms. The first-order valence-electron chi connectivity index (χ1n) is 12.6. The molecule has 204 valence electrons. The van der Waals surface area contributed by atoms with Gasteiger partial charge in [-0.3, -0.25) is 9.79 Å². The number of para-hydroxylation sites is 3. The zero-order valence-corrected chi connectivity index (χ0v) is 21.2. The van der Waals surface area contributed by atoms with Gasteiger partial charge in [-0.15, -0.1) is 0 Å². The van der Waals surface area contributed by atoms with Gasteiger partial charge < -0.3 is 20.4 Å². The Bertz CT molecular complexity index is 1540. The van der Waals surface area contributed by atoms with Crippen molar-refractivity contribution in [2.24, 2.45) is 4.99 Å². The molecule has 0 radical (unpaired) electrons. The molecule has 4 aromatic rings. The van der Waals surface area contributed by atoms with E-state index in [0.29, 0.717) is 11.3 Å². The molecule has 40 heavy (non-hydrogen) atoms. The number of aliphatic hydroxyl groups is 1. The van der Waals surface area contributed by atoms with E-state index in [4.69, 9.17) is 0 Å². The standard InChI is InChI=1S/C31H26F3N3O3/c32-22-12-9-19(10-13-22)30(23(18-38)20-11-14-24(33)25(34)15-20)31(40)36-29-17-37(27-7-3-4-8-28(27)39)26-6-2-1-5-21(26)16-35-29/h1-16,23,29-30,38-39H,17-18H2,(H,36,40)/t23-,29?,30+/m0/s1. The van der Waals surface area contributed by atoms with Crippen molar-refractivity contribution in [1.29, 1.82) is 0 Å². The lowest BCUT2D eigenvalue weighted by Crippen LogP contribution is -2.44. The maximum absolute atomic E-state index is 14.1. The van der Waals surface area contributed by atoms with E-state index in [-0.39, 0.29) is 17.9 Å². The highest BCUT2D eigenvalue weighted by Crippen LogP contribution is 2.37. The van der Waals surface area contributed by atoms with Gasteiger partial charge in [-0.25, -0.2) is 13.2 Å². The van der Waals surface area contributed by atoms with Crippen LogP contribution in [0.2, 0.25) is 0 Å². The van der Waals surface area contributed by atoms with E-state index in [1.54, 1.807) is 30.5 Å². The largest absolute Gasteiger partial charge is 0.506 e. The normalized spacial score (nSPS) is 16.1. The number of aromatic hydroxyl groups is 1. The lowest BCUT2D eigenvalue weighted by atomic mass is 9.81. The molecule has 9 heteroatoms. The van der Waals surface area contributed by atoms with E-state index < -0.39 is 48.0 Å². The molecule has 0 fully saturated rings. The zero-order valence-electron chi connectivity index (χ0n) is 21.2. The van der Waals surface area contributed by atoms with Gasteiger partial charge >= 0.3 is 0 Å². The number of halogens is 3. The van der Waals surface area contributed by atoms with Crippen molar-refractivity contribution >= 4 is 23.5 Å². The number of phenols is 1. The van der Waals surface area contributed by atoms with E-state index in [1.807, 2.05) is 29.2 Å². The number of amides is 1. The number of hydrogen-bond acceptors (Lipinski definition) is 5. The average molecular weight is 546 g/mol. The second kappa shape index (κ2) is 11.6. The summed E-state index contributed by atoms with van der Waals surface area (Å²) in [5.74, 6) is -5.25. The molecule has 4 aromatic carbocycles. The average Bonchev–Trinajstić information content (AvgIpc) is 3.14. The topological polar surface area (TPSA) is 85.2 Å². The van der Waals surface area contributed by atoms with Crippen molar-refractivity contribution in [3.05, 3.63) is 125 Å². The number of benzodiazepines with no additional fused rings is 1. The summed E-state index contributed by atoms with van der Waals surface area (Å²) < 4.78 is 41.5. The predicted octanol–water partition coefficient (Wildman–Crippen LogP) is 5.38. The highest BCUT2D eigenvalue weighted by atomic mass is 19.2. The van der Waals surface area contributed by atoms with Crippen LogP contribution in [-0.4, -0.2) is 41.7 Å². The number of anilines is 2. The highest BCUT2D eigenvalue weighted by molar-refractivity contribution is 5.92. The maximum atomic E-state index is 14.1. The first-order valence-corrected chi connectivity index (χ1v) is 12.6. The van der Waals surface area contributed by atoms with E-state index in [0.717, 1.165) is 23.4 Å². The van der Waals surface area contributed by atoms with Crippen molar-refractivity contribution in [2.75, 3.05) is 18.1 Å². The number of nitrogens with one attached hydrogen (secondary N) is 1. The number of aliphatic hydroxyl groups excluding tert-OH is 1. The Hall–Kier alpha value is -4.63. The molecule has 1 amide bonds. The van der Waals surface area contributed by atoms with E-state index in [9.17, 15) is 28.2 Å². The number of carbonyl (C=O) groups excluding carboxylic acids is 1. The van der Waals surface area contributed by atoms with Crippen LogP contribution in [0.25, 0.3) is 0 Å². The summed E-state index contributed by atoms with van der Waals surface area (Å²) in [6.07, 6.45) is 0.832. The van der Waals surface area contributed by atoms with Gasteiger partial charge in [0, 0.05) is 17.7 Å². The van der Waals surface area contributed by atoms with Crippen molar-refractivity contribution in [3.63, 3.8) is 0 Å². The minimum atomic E-state index is -1.11.